The third-order valence-electron chi connectivity index (χ3n) is 2.90. The van der Waals surface area contributed by atoms with Gasteiger partial charge in [0.25, 0.3) is 0 Å². The Balaban J connectivity index is 2.35. The molecule has 0 bridgehead atoms. The summed E-state index contributed by atoms with van der Waals surface area (Å²) in [6.45, 7) is 0.0889. The molecule has 21 heavy (non-hydrogen) atoms. The van der Waals surface area contributed by atoms with Crippen molar-refractivity contribution in [2.45, 2.75) is 11.4 Å². The summed E-state index contributed by atoms with van der Waals surface area (Å²) in [5.74, 6) is -0.853. The van der Waals surface area contributed by atoms with Gasteiger partial charge in [0.05, 0.1) is 6.20 Å². The van der Waals surface area contributed by atoms with E-state index in [4.69, 9.17) is 5.73 Å². The predicted octanol–water partition coefficient (Wildman–Crippen LogP) is 1.72. The normalized spacial score (nSPS) is 12.0. The Morgan fingerprint density at radius 3 is 2.71 bits per heavy atom. The van der Waals surface area contributed by atoms with Gasteiger partial charge in [-0.2, -0.15) is 9.40 Å². The number of nitrogens with two attached hydrogens (primary N) is 1. The summed E-state index contributed by atoms with van der Waals surface area (Å²) in [5, 5.41) is 3.96. The molecule has 1 heterocycles. The summed E-state index contributed by atoms with van der Waals surface area (Å²) in [4.78, 5) is -0.449. The summed E-state index contributed by atoms with van der Waals surface area (Å²) in [6.07, 6.45) is 3.25. The summed E-state index contributed by atoms with van der Waals surface area (Å²) in [6, 6.07) is 2.15. The van der Waals surface area contributed by atoms with E-state index in [1.807, 2.05) is 0 Å². The fourth-order valence-corrected chi connectivity index (χ4v) is 3.36. The zero-order chi connectivity index (χ0) is 15.8. The van der Waals surface area contributed by atoms with E-state index in [9.17, 15) is 12.8 Å². The average Bonchev–Trinajstić information content (AvgIpc) is 2.79. The largest absolute Gasteiger partial charge is 0.398 e. The van der Waals surface area contributed by atoms with Crippen molar-refractivity contribution in [3.8, 4) is 0 Å². The van der Waals surface area contributed by atoms with Crippen LogP contribution in [0.25, 0.3) is 0 Å². The SMILES string of the molecule is CN(Cc1cnn(C)c1)S(=O)(=O)c1cc(N)c(Br)cc1F. The summed E-state index contributed by atoms with van der Waals surface area (Å²) < 4.78 is 41.7. The maximum absolute atomic E-state index is 13.9. The number of nitrogens with zero attached hydrogens (tertiary/aromatic N) is 3. The highest BCUT2D eigenvalue weighted by molar-refractivity contribution is 9.10. The zero-order valence-corrected chi connectivity index (χ0v) is 13.8. The highest BCUT2D eigenvalue weighted by Crippen LogP contribution is 2.28. The highest BCUT2D eigenvalue weighted by atomic mass is 79.9. The van der Waals surface area contributed by atoms with Crippen LogP contribution < -0.4 is 5.73 Å². The van der Waals surface area contributed by atoms with Gasteiger partial charge in [0.2, 0.25) is 10.0 Å². The lowest BCUT2D eigenvalue weighted by molar-refractivity contribution is 0.460. The fraction of sp³-hybridized carbons (Fsp3) is 0.250. The van der Waals surface area contributed by atoms with Crippen molar-refractivity contribution in [2.24, 2.45) is 7.05 Å². The number of hydrogen-bond donors (Lipinski definition) is 1. The van der Waals surface area contributed by atoms with E-state index in [-0.39, 0.29) is 12.2 Å². The maximum Gasteiger partial charge on any atom is 0.246 e. The number of halogens is 2. The van der Waals surface area contributed by atoms with Crippen molar-refractivity contribution in [3.05, 3.63) is 40.4 Å². The molecule has 1 aromatic heterocycles. The van der Waals surface area contributed by atoms with Crippen LogP contribution >= 0.6 is 15.9 Å². The first-order valence-electron chi connectivity index (χ1n) is 5.90. The van der Waals surface area contributed by atoms with E-state index in [0.717, 1.165) is 16.4 Å². The lowest BCUT2D eigenvalue weighted by atomic mass is 10.3. The van der Waals surface area contributed by atoms with Gasteiger partial charge in [-0.1, -0.05) is 0 Å². The lowest BCUT2D eigenvalue weighted by Gasteiger charge is -2.17. The van der Waals surface area contributed by atoms with Gasteiger partial charge in [0.15, 0.2) is 0 Å². The molecule has 9 heteroatoms. The molecular weight excluding hydrogens is 363 g/mol. The van der Waals surface area contributed by atoms with Crippen LogP contribution in [0.15, 0.2) is 33.9 Å². The summed E-state index contributed by atoms with van der Waals surface area (Å²) >= 11 is 3.06. The molecule has 114 valence electrons. The number of rotatable bonds is 4. The average molecular weight is 377 g/mol. The van der Waals surface area contributed by atoms with Gasteiger partial charge in [-0.25, -0.2) is 12.8 Å². The standard InChI is InChI=1S/C12H14BrFN4O2S/c1-17-6-8(5-16-17)7-18(2)21(19,20)12-4-11(15)9(13)3-10(12)14/h3-6H,7,15H2,1-2H3. The topological polar surface area (TPSA) is 81.2 Å². The van der Waals surface area contributed by atoms with Gasteiger partial charge in [-0.05, 0) is 28.1 Å². The fourth-order valence-electron chi connectivity index (χ4n) is 1.81. The second-order valence-electron chi connectivity index (χ2n) is 4.59. The molecule has 0 aliphatic heterocycles. The molecule has 0 radical (unpaired) electrons. The van der Waals surface area contributed by atoms with Crippen LogP contribution in [0.5, 0.6) is 0 Å². The second kappa shape index (κ2) is 5.74. The first-order chi connectivity index (χ1) is 9.71. The van der Waals surface area contributed by atoms with Crippen molar-refractivity contribution < 1.29 is 12.8 Å². The maximum atomic E-state index is 13.9. The van der Waals surface area contributed by atoms with Crippen LogP contribution in [0, 0.1) is 5.82 Å². The number of anilines is 1. The first kappa shape index (κ1) is 15.9. The van der Waals surface area contributed by atoms with Gasteiger partial charge in [-0.15, -0.1) is 0 Å². The number of aryl methyl sites for hydroxylation is 1. The Kier molecular flexibility index (Phi) is 4.35. The molecule has 1 aromatic carbocycles. The minimum atomic E-state index is -3.98. The van der Waals surface area contributed by atoms with Gasteiger partial charge < -0.3 is 5.73 Å². The molecule has 0 saturated heterocycles. The molecule has 0 spiro atoms. The number of aromatic nitrogens is 2. The summed E-state index contributed by atoms with van der Waals surface area (Å²) in [7, 11) is -0.873. The third kappa shape index (κ3) is 3.25. The molecular formula is C12H14BrFN4O2S. The molecule has 2 aromatic rings. The van der Waals surface area contributed by atoms with Crippen LogP contribution in [0.2, 0.25) is 0 Å². The minimum Gasteiger partial charge on any atom is -0.398 e. The number of nitrogen functional groups attached to an aromatic ring is 1. The van der Waals surface area contributed by atoms with Crippen LogP contribution in [0.4, 0.5) is 10.1 Å². The van der Waals surface area contributed by atoms with E-state index in [1.54, 1.807) is 24.1 Å². The third-order valence-corrected chi connectivity index (χ3v) is 5.41. The minimum absolute atomic E-state index is 0.0889. The number of benzene rings is 1. The van der Waals surface area contributed by atoms with E-state index in [0.29, 0.717) is 10.0 Å². The van der Waals surface area contributed by atoms with Gasteiger partial charge >= 0.3 is 0 Å². The van der Waals surface area contributed by atoms with Crippen molar-refractivity contribution in [3.63, 3.8) is 0 Å². The Bertz CT molecular complexity index is 776. The van der Waals surface area contributed by atoms with Gasteiger partial charge in [0, 0.05) is 42.6 Å². The van der Waals surface area contributed by atoms with Crippen LogP contribution in [-0.2, 0) is 23.6 Å². The number of sulfonamides is 1. The Hall–Kier alpha value is -1.45. The van der Waals surface area contributed by atoms with E-state index in [2.05, 4.69) is 21.0 Å². The molecule has 0 atom stereocenters. The van der Waals surface area contributed by atoms with Crippen LogP contribution in [0.1, 0.15) is 5.56 Å². The van der Waals surface area contributed by atoms with Crippen LogP contribution in [0.3, 0.4) is 0 Å². The molecule has 0 fully saturated rings. The molecule has 0 saturated carbocycles. The van der Waals surface area contributed by atoms with Crippen molar-refractivity contribution in [2.75, 3.05) is 12.8 Å². The second-order valence-corrected chi connectivity index (χ2v) is 7.46. The Labute approximate surface area is 130 Å². The molecule has 0 amide bonds. The molecule has 2 rings (SSSR count). The van der Waals surface area contributed by atoms with Gasteiger partial charge in [0.1, 0.15) is 10.7 Å². The van der Waals surface area contributed by atoms with Crippen molar-refractivity contribution >= 4 is 31.6 Å². The smallest absolute Gasteiger partial charge is 0.246 e. The first-order valence-corrected chi connectivity index (χ1v) is 8.13. The zero-order valence-electron chi connectivity index (χ0n) is 11.4. The monoisotopic (exact) mass is 376 g/mol. The van der Waals surface area contributed by atoms with E-state index < -0.39 is 20.7 Å². The van der Waals surface area contributed by atoms with Crippen molar-refractivity contribution in [1.29, 1.82) is 0 Å². The molecule has 2 N–H and O–H groups in total. The number of hydrogen-bond acceptors (Lipinski definition) is 4. The van der Waals surface area contributed by atoms with Crippen molar-refractivity contribution in [1.82, 2.24) is 14.1 Å². The Morgan fingerprint density at radius 2 is 2.14 bits per heavy atom. The van der Waals surface area contributed by atoms with Gasteiger partial charge in [-0.3, -0.25) is 4.68 Å². The molecule has 0 aliphatic carbocycles. The molecule has 0 unspecified atom stereocenters. The lowest BCUT2D eigenvalue weighted by Crippen LogP contribution is -2.27. The highest BCUT2D eigenvalue weighted by Gasteiger charge is 2.26. The molecule has 0 aliphatic rings. The van der Waals surface area contributed by atoms with Crippen LogP contribution in [-0.4, -0.2) is 29.6 Å². The van der Waals surface area contributed by atoms with E-state index >= 15 is 0 Å². The quantitative estimate of drug-likeness (QED) is 0.823. The Morgan fingerprint density at radius 1 is 1.48 bits per heavy atom. The molecule has 6 nitrogen and oxygen atoms in total. The summed E-state index contributed by atoms with van der Waals surface area (Å²) in [5.41, 5.74) is 6.49. The predicted molar refractivity (Wildman–Crippen MR) is 80.4 cm³/mol. The van der Waals surface area contributed by atoms with E-state index in [1.165, 1.54) is 7.05 Å².